The van der Waals surface area contributed by atoms with E-state index >= 15 is 0 Å². The number of ether oxygens (including phenoxy) is 2. The van der Waals surface area contributed by atoms with Crippen molar-refractivity contribution in [1.82, 2.24) is 0 Å². The Kier molecular flexibility index (Phi) is 11.5. The lowest BCUT2D eigenvalue weighted by atomic mass is 9.95. The van der Waals surface area contributed by atoms with Crippen LogP contribution in [0.5, 0.6) is 0 Å². The van der Waals surface area contributed by atoms with Crippen molar-refractivity contribution < 1.29 is 19.1 Å². The van der Waals surface area contributed by atoms with Crippen LogP contribution < -0.4 is 0 Å². The van der Waals surface area contributed by atoms with Crippen LogP contribution in [0.25, 0.3) is 0 Å². The summed E-state index contributed by atoms with van der Waals surface area (Å²) >= 11 is 0. The molecule has 0 aromatic rings. The summed E-state index contributed by atoms with van der Waals surface area (Å²) in [7, 11) is 0. The number of hydrogen-bond donors (Lipinski definition) is 0. The molecular weight excluding hydrogens is 256 g/mol. The second-order valence-electron chi connectivity index (χ2n) is 4.68. The molecule has 4 nitrogen and oxygen atoms in total. The molecule has 20 heavy (non-hydrogen) atoms. The fourth-order valence-corrected chi connectivity index (χ4v) is 1.89. The van der Waals surface area contributed by atoms with Crippen molar-refractivity contribution in [3.63, 3.8) is 0 Å². The van der Waals surface area contributed by atoms with E-state index in [1.54, 1.807) is 0 Å². The molecule has 0 N–H and O–H groups in total. The molecule has 0 amide bonds. The van der Waals surface area contributed by atoms with Gasteiger partial charge in [0.05, 0.1) is 13.2 Å². The van der Waals surface area contributed by atoms with E-state index in [1.807, 2.05) is 0 Å². The Morgan fingerprint density at radius 3 is 1.85 bits per heavy atom. The first-order valence-corrected chi connectivity index (χ1v) is 7.22. The minimum atomic E-state index is -0.393. The fraction of sp³-hybridized carbons (Fsp3) is 0.625. The highest BCUT2D eigenvalue weighted by atomic mass is 16.5. The molecule has 0 aromatic carbocycles. The first-order valence-electron chi connectivity index (χ1n) is 7.22. The maximum absolute atomic E-state index is 11.0. The topological polar surface area (TPSA) is 52.6 Å². The molecule has 0 saturated carbocycles. The Bertz CT molecular complexity index is 284. The third-order valence-corrected chi connectivity index (χ3v) is 3.09. The summed E-state index contributed by atoms with van der Waals surface area (Å²) in [6, 6.07) is 0. The molecule has 0 aromatic heterocycles. The molecule has 0 unspecified atom stereocenters. The highest BCUT2D eigenvalue weighted by Crippen LogP contribution is 2.18. The minimum absolute atomic E-state index is 0.386. The number of hydrogen-bond acceptors (Lipinski definition) is 4. The molecule has 0 radical (unpaired) electrons. The quantitative estimate of drug-likeness (QED) is 0.313. The predicted octanol–water partition coefficient (Wildman–Crippen LogP) is 3.42. The number of carbonyl (C=O) groups is 2. The van der Waals surface area contributed by atoms with Crippen LogP contribution in [0.1, 0.15) is 45.4 Å². The molecule has 0 rings (SSSR count). The second kappa shape index (κ2) is 12.5. The SMILES string of the molecule is C=CC(=O)OCCC(CCCCC)CCOC(=O)C=C. The third kappa shape index (κ3) is 10.4. The van der Waals surface area contributed by atoms with E-state index in [1.165, 1.54) is 12.8 Å². The lowest BCUT2D eigenvalue weighted by Crippen LogP contribution is -2.12. The Balaban J connectivity index is 3.98. The van der Waals surface area contributed by atoms with E-state index in [0.29, 0.717) is 19.1 Å². The van der Waals surface area contributed by atoms with E-state index in [2.05, 4.69) is 20.1 Å². The van der Waals surface area contributed by atoms with Gasteiger partial charge < -0.3 is 9.47 Å². The van der Waals surface area contributed by atoms with Crippen LogP contribution >= 0.6 is 0 Å². The number of carbonyl (C=O) groups excluding carboxylic acids is 2. The van der Waals surface area contributed by atoms with Crippen molar-refractivity contribution in [2.24, 2.45) is 5.92 Å². The second-order valence-corrected chi connectivity index (χ2v) is 4.68. The number of unbranched alkanes of at least 4 members (excludes halogenated alkanes) is 2. The zero-order valence-corrected chi connectivity index (χ0v) is 12.4. The van der Waals surface area contributed by atoms with Crippen molar-refractivity contribution in [2.45, 2.75) is 45.4 Å². The molecule has 0 spiro atoms. The first kappa shape index (κ1) is 18.4. The largest absolute Gasteiger partial charge is 0.463 e. The van der Waals surface area contributed by atoms with Crippen molar-refractivity contribution in [2.75, 3.05) is 13.2 Å². The van der Waals surface area contributed by atoms with Crippen LogP contribution in [-0.4, -0.2) is 25.2 Å². The van der Waals surface area contributed by atoms with E-state index in [-0.39, 0.29) is 0 Å². The van der Waals surface area contributed by atoms with Crippen molar-refractivity contribution in [3.05, 3.63) is 25.3 Å². The molecular formula is C16H26O4. The highest BCUT2D eigenvalue weighted by Gasteiger charge is 2.10. The van der Waals surface area contributed by atoms with Gasteiger partial charge in [0.25, 0.3) is 0 Å². The molecule has 114 valence electrons. The van der Waals surface area contributed by atoms with Crippen LogP contribution in [0.4, 0.5) is 0 Å². The summed E-state index contributed by atoms with van der Waals surface area (Å²) < 4.78 is 9.99. The zero-order chi connectivity index (χ0) is 15.2. The Hall–Kier alpha value is -1.58. The van der Waals surface area contributed by atoms with Gasteiger partial charge >= 0.3 is 11.9 Å². The molecule has 0 bridgehead atoms. The van der Waals surface area contributed by atoms with Gasteiger partial charge in [0.2, 0.25) is 0 Å². The van der Waals surface area contributed by atoms with E-state index in [4.69, 9.17) is 9.47 Å². The van der Waals surface area contributed by atoms with Gasteiger partial charge in [-0.1, -0.05) is 45.8 Å². The molecule has 0 atom stereocenters. The van der Waals surface area contributed by atoms with Gasteiger partial charge in [0, 0.05) is 12.2 Å². The molecule has 4 heteroatoms. The number of rotatable bonds is 12. The predicted molar refractivity (Wildman–Crippen MR) is 79.2 cm³/mol. The average molecular weight is 282 g/mol. The lowest BCUT2D eigenvalue weighted by Gasteiger charge is -2.16. The molecule has 0 saturated heterocycles. The summed E-state index contributed by atoms with van der Waals surface area (Å²) in [6.45, 7) is 9.64. The normalized spacial score (nSPS) is 10.1. The minimum Gasteiger partial charge on any atom is -0.463 e. The van der Waals surface area contributed by atoms with Crippen LogP contribution in [0.15, 0.2) is 25.3 Å². The number of esters is 2. The Labute approximate surface area is 121 Å². The summed E-state index contributed by atoms with van der Waals surface area (Å²) in [4.78, 5) is 22.0. The van der Waals surface area contributed by atoms with Crippen molar-refractivity contribution >= 4 is 11.9 Å². The summed E-state index contributed by atoms with van der Waals surface area (Å²) in [6.07, 6.45) is 8.47. The molecule has 0 fully saturated rings. The Morgan fingerprint density at radius 2 is 1.45 bits per heavy atom. The average Bonchev–Trinajstić information content (AvgIpc) is 2.46. The van der Waals surface area contributed by atoms with Gasteiger partial charge in [-0.25, -0.2) is 9.59 Å². The highest BCUT2D eigenvalue weighted by molar-refractivity contribution is 5.81. The summed E-state index contributed by atoms with van der Waals surface area (Å²) in [5.41, 5.74) is 0. The van der Waals surface area contributed by atoms with E-state index in [9.17, 15) is 9.59 Å². The van der Waals surface area contributed by atoms with Crippen LogP contribution in [-0.2, 0) is 19.1 Å². The first-order chi connectivity index (χ1) is 9.63. The molecule has 0 aliphatic heterocycles. The summed E-state index contributed by atoms with van der Waals surface area (Å²) in [5.74, 6) is -0.387. The summed E-state index contributed by atoms with van der Waals surface area (Å²) in [5, 5.41) is 0. The molecule has 0 aliphatic rings. The van der Waals surface area contributed by atoms with Gasteiger partial charge in [-0.15, -0.1) is 0 Å². The van der Waals surface area contributed by atoms with Crippen LogP contribution in [0.3, 0.4) is 0 Å². The Morgan fingerprint density at radius 1 is 0.950 bits per heavy atom. The molecule has 0 heterocycles. The zero-order valence-electron chi connectivity index (χ0n) is 12.4. The van der Waals surface area contributed by atoms with Crippen LogP contribution in [0, 0.1) is 5.92 Å². The van der Waals surface area contributed by atoms with E-state index < -0.39 is 11.9 Å². The fourth-order valence-electron chi connectivity index (χ4n) is 1.89. The standard InChI is InChI=1S/C16H26O4/c1-4-7-8-9-14(10-12-19-15(17)5-2)11-13-20-16(18)6-3/h5-6,14H,2-4,7-13H2,1H3. The monoisotopic (exact) mass is 282 g/mol. The van der Waals surface area contributed by atoms with Gasteiger partial charge in [-0.2, -0.15) is 0 Å². The van der Waals surface area contributed by atoms with E-state index in [0.717, 1.165) is 37.8 Å². The van der Waals surface area contributed by atoms with Gasteiger partial charge in [-0.05, 0) is 18.8 Å². The lowest BCUT2D eigenvalue weighted by molar-refractivity contribution is -0.138. The maximum Gasteiger partial charge on any atom is 0.330 e. The van der Waals surface area contributed by atoms with Crippen LogP contribution in [0.2, 0.25) is 0 Å². The van der Waals surface area contributed by atoms with Crippen molar-refractivity contribution in [3.8, 4) is 0 Å². The smallest absolute Gasteiger partial charge is 0.330 e. The van der Waals surface area contributed by atoms with Gasteiger partial charge in [0.1, 0.15) is 0 Å². The van der Waals surface area contributed by atoms with Crippen molar-refractivity contribution in [1.29, 1.82) is 0 Å². The molecule has 0 aliphatic carbocycles. The maximum atomic E-state index is 11.0. The van der Waals surface area contributed by atoms with Gasteiger partial charge in [-0.3, -0.25) is 0 Å². The third-order valence-electron chi connectivity index (χ3n) is 3.09. The van der Waals surface area contributed by atoms with Gasteiger partial charge in [0.15, 0.2) is 0 Å².